The van der Waals surface area contributed by atoms with Crippen LogP contribution in [0.1, 0.15) is 19.8 Å². The highest BCUT2D eigenvalue weighted by atomic mass is 16.3. The lowest BCUT2D eigenvalue weighted by Gasteiger charge is -2.13. The van der Waals surface area contributed by atoms with Crippen molar-refractivity contribution in [1.29, 1.82) is 0 Å². The zero-order valence-corrected chi connectivity index (χ0v) is 12.5. The SMILES string of the molecule is CCCCN(N=O)c1nc2c(c(=O)n(C)c(=O)n2C)n1C. The van der Waals surface area contributed by atoms with Gasteiger partial charge in [-0.05, 0) is 6.42 Å². The minimum absolute atomic E-state index is 0.241. The summed E-state index contributed by atoms with van der Waals surface area (Å²) in [4.78, 5) is 39.4. The quantitative estimate of drug-likeness (QED) is 0.582. The molecule has 0 radical (unpaired) electrons. The molecular formula is C12H18N6O3. The summed E-state index contributed by atoms with van der Waals surface area (Å²) in [7, 11) is 4.57. The van der Waals surface area contributed by atoms with E-state index >= 15 is 0 Å². The Kier molecular flexibility index (Phi) is 3.92. The van der Waals surface area contributed by atoms with Crippen LogP contribution in [0.15, 0.2) is 14.9 Å². The normalized spacial score (nSPS) is 11.0. The number of aryl methyl sites for hydroxylation is 2. The first-order valence-corrected chi connectivity index (χ1v) is 6.67. The van der Waals surface area contributed by atoms with Crippen LogP contribution >= 0.6 is 0 Å². The summed E-state index contributed by atoms with van der Waals surface area (Å²) < 4.78 is 3.79. The molecule has 0 fully saturated rings. The van der Waals surface area contributed by atoms with Gasteiger partial charge in [0.1, 0.15) is 0 Å². The number of unbranched alkanes of at least 4 members (excludes halogenated alkanes) is 1. The third-order valence-corrected chi connectivity index (χ3v) is 3.50. The molecule has 0 aliphatic heterocycles. The van der Waals surface area contributed by atoms with Gasteiger partial charge < -0.3 is 4.57 Å². The van der Waals surface area contributed by atoms with Crippen LogP contribution in [0.5, 0.6) is 0 Å². The van der Waals surface area contributed by atoms with Gasteiger partial charge in [-0.3, -0.25) is 13.9 Å². The van der Waals surface area contributed by atoms with Crippen LogP contribution in [-0.4, -0.2) is 25.2 Å². The van der Waals surface area contributed by atoms with Crippen LogP contribution in [0.4, 0.5) is 5.95 Å². The molecule has 0 atom stereocenters. The fourth-order valence-corrected chi connectivity index (χ4v) is 2.22. The molecule has 2 heterocycles. The van der Waals surface area contributed by atoms with E-state index in [1.807, 2.05) is 6.92 Å². The number of nitrogens with zero attached hydrogens (tertiary/aromatic N) is 6. The molecule has 9 heteroatoms. The molecule has 0 saturated carbocycles. The van der Waals surface area contributed by atoms with Crippen molar-refractivity contribution in [2.75, 3.05) is 11.6 Å². The Morgan fingerprint density at radius 1 is 1.14 bits per heavy atom. The number of hydrogen-bond donors (Lipinski definition) is 0. The molecule has 0 spiro atoms. The molecule has 21 heavy (non-hydrogen) atoms. The third kappa shape index (κ3) is 2.24. The van der Waals surface area contributed by atoms with Crippen molar-refractivity contribution < 1.29 is 0 Å². The smallest absolute Gasteiger partial charge is 0.306 e. The minimum atomic E-state index is -0.462. The lowest BCUT2D eigenvalue weighted by Crippen LogP contribution is -2.37. The van der Waals surface area contributed by atoms with E-state index in [2.05, 4.69) is 10.3 Å². The van der Waals surface area contributed by atoms with Gasteiger partial charge in [0.25, 0.3) is 5.56 Å². The molecular weight excluding hydrogens is 276 g/mol. The van der Waals surface area contributed by atoms with Crippen molar-refractivity contribution in [3.8, 4) is 0 Å². The predicted molar refractivity (Wildman–Crippen MR) is 79.2 cm³/mol. The summed E-state index contributed by atoms with van der Waals surface area (Å²) in [5.74, 6) is 0.256. The van der Waals surface area contributed by atoms with E-state index in [1.165, 1.54) is 28.2 Å². The maximum absolute atomic E-state index is 12.2. The third-order valence-electron chi connectivity index (χ3n) is 3.50. The first-order chi connectivity index (χ1) is 9.93. The van der Waals surface area contributed by atoms with Crippen molar-refractivity contribution in [2.45, 2.75) is 19.8 Å². The maximum atomic E-state index is 12.2. The lowest BCUT2D eigenvalue weighted by molar-refractivity contribution is 0.701. The fraction of sp³-hybridized carbons (Fsp3) is 0.583. The predicted octanol–water partition coefficient (Wildman–Crippen LogP) is 0.259. The monoisotopic (exact) mass is 294 g/mol. The highest BCUT2D eigenvalue weighted by Crippen LogP contribution is 2.18. The van der Waals surface area contributed by atoms with Gasteiger partial charge in [-0.15, -0.1) is 4.91 Å². The van der Waals surface area contributed by atoms with Gasteiger partial charge in [-0.2, -0.15) is 9.99 Å². The molecule has 0 aliphatic carbocycles. The van der Waals surface area contributed by atoms with Gasteiger partial charge in [0.2, 0.25) is 5.95 Å². The summed E-state index contributed by atoms with van der Waals surface area (Å²) >= 11 is 0. The van der Waals surface area contributed by atoms with Crippen molar-refractivity contribution in [3.63, 3.8) is 0 Å². The second-order valence-corrected chi connectivity index (χ2v) is 4.91. The molecule has 0 unspecified atom stereocenters. The van der Waals surface area contributed by atoms with Crippen LogP contribution in [0.2, 0.25) is 0 Å². The van der Waals surface area contributed by atoms with Crippen molar-refractivity contribution in [1.82, 2.24) is 18.7 Å². The average Bonchev–Trinajstić information content (AvgIpc) is 2.82. The Morgan fingerprint density at radius 2 is 1.81 bits per heavy atom. The summed E-state index contributed by atoms with van der Waals surface area (Å²) in [6, 6.07) is 0. The Bertz CT molecular complexity index is 800. The van der Waals surface area contributed by atoms with E-state index in [9.17, 15) is 14.5 Å². The van der Waals surface area contributed by atoms with Crippen LogP contribution < -0.4 is 16.3 Å². The van der Waals surface area contributed by atoms with E-state index in [1.54, 1.807) is 7.05 Å². The van der Waals surface area contributed by atoms with Gasteiger partial charge in [-0.25, -0.2) is 4.79 Å². The zero-order chi connectivity index (χ0) is 15.7. The number of aromatic nitrogens is 4. The molecule has 0 amide bonds. The first-order valence-electron chi connectivity index (χ1n) is 6.67. The number of nitroso groups, excluding NO2 is 1. The summed E-state index contributed by atoms with van der Waals surface area (Å²) in [6.07, 6.45) is 1.67. The van der Waals surface area contributed by atoms with Crippen molar-refractivity contribution in [3.05, 3.63) is 25.7 Å². The largest absolute Gasteiger partial charge is 0.332 e. The standard InChI is InChI=1S/C12H18N6O3/c1-5-6-7-18(14-21)11-13-9-8(15(11)2)10(19)17(4)12(20)16(9)3/h5-7H2,1-4H3. The molecule has 9 nitrogen and oxygen atoms in total. The second-order valence-electron chi connectivity index (χ2n) is 4.91. The number of imidazole rings is 1. The van der Waals surface area contributed by atoms with Gasteiger partial charge >= 0.3 is 5.69 Å². The van der Waals surface area contributed by atoms with E-state index in [-0.39, 0.29) is 17.1 Å². The Balaban J connectivity index is 2.74. The first kappa shape index (κ1) is 14.9. The Morgan fingerprint density at radius 3 is 2.38 bits per heavy atom. The zero-order valence-electron chi connectivity index (χ0n) is 12.5. The molecule has 0 bridgehead atoms. The van der Waals surface area contributed by atoms with Crippen LogP contribution in [0, 0.1) is 4.91 Å². The number of hydrogen-bond acceptors (Lipinski definition) is 5. The summed E-state index contributed by atoms with van der Waals surface area (Å²) in [5, 5.41) is 4.16. The highest BCUT2D eigenvalue weighted by molar-refractivity contribution is 5.74. The average molecular weight is 294 g/mol. The maximum Gasteiger partial charge on any atom is 0.332 e. The van der Waals surface area contributed by atoms with Crippen LogP contribution in [0.3, 0.4) is 0 Å². The fourth-order valence-electron chi connectivity index (χ4n) is 2.22. The van der Waals surface area contributed by atoms with Crippen LogP contribution in [-0.2, 0) is 21.1 Å². The number of fused-ring (bicyclic) bond motifs is 1. The summed E-state index contributed by atoms with van der Waals surface area (Å²) in [6.45, 7) is 2.41. The molecule has 0 N–H and O–H groups in total. The summed E-state index contributed by atoms with van der Waals surface area (Å²) in [5.41, 5.74) is -0.405. The number of rotatable bonds is 5. The van der Waals surface area contributed by atoms with E-state index < -0.39 is 11.2 Å². The van der Waals surface area contributed by atoms with Gasteiger partial charge in [0.05, 0.1) is 5.29 Å². The van der Waals surface area contributed by atoms with E-state index in [0.717, 1.165) is 17.4 Å². The minimum Gasteiger partial charge on any atom is -0.306 e. The lowest BCUT2D eigenvalue weighted by atomic mass is 10.3. The topological polar surface area (TPSA) is 94.5 Å². The van der Waals surface area contributed by atoms with Gasteiger partial charge in [0, 0.05) is 27.7 Å². The van der Waals surface area contributed by atoms with Gasteiger partial charge in [0.15, 0.2) is 11.2 Å². The Labute approximate surface area is 120 Å². The molecule has 0 aromatic carbocycles. The van der Waals surface area contributed by atoms with Crippen molar-refractivity contribution >= 4 is 17.1 Å². The second kappa shape index (κ2) is 5.51. The molecule has 2 aromatic rings. The van der Waals surface area contributed by atoms with Gasteiger partial charge in [-0.1, -0.05) is 13.3 Å². The van der Waals surface area contributed by atoms with E-state index in [4.69, 9.17) is 0 Å². The molecule has 0 saturated heterocycles. The number of anilines is 1. The molecule has 114 valence electrons. The highest BCUT2D eigenvalue weighted by Gasteiger charge is 2.20. The molecule has 2 rings (SSSR count). The van der Waals surface area contributed by atoms with Crippen molar-refractivity contribution in [2.24, 2.45) is 26.4 Å². The molecule has 2 aromatic heterocycles. The molecule has 0 aliphatic rings. The van der Waals surface area contributed by atoms with Crippen LogP contribution in [0.25, 0.3) is 11.2 Å². The van der Waals surface area contributed by atoms with E-state index in [0.29, 0.717) is 6.54 Å². The Hall–Kier alpha value is -2.45.